The number of benzene rings is 6. The number of anilines is 1. The molecule has 8 rings (SSSR count). The Labute approximate surface area is 227 Å². The molecule has 0 N–H and O–H groups in total. The summed E-state index contributed by atoms with van der Waals surface area (Å²) in [5.41, 5.74) is 5.19. The average molecular weight is 500 g/mol. The minimum atomic E-state index is -0.0935. The lowest BCUT2D eigenvalue weighted by Crippen LogP contribution is -2.47. The molecule has 0 fully saturated rings. The molecule has 1 amide bonds. The second-order valence-electron chi connectivity index (χ2n) is 10.4. The summed E-state index contributed by atoms with van der Waals surface area (Å²) >= 11 is 0. The van der Waals surface area contributed by atoms with E-state index in [1.165, 1.54) is 43.5 Å². The van der Waals surface area contributed by atoms with E-state index in [1.807, 2.05) is 29.2 Å². The van der Waals surface area contributed by atoms with Gasteiger partial charge in [-0.15, -0.1) is 0 Å². The molecule has 1 aliphatic heterocycles. The number of hydrogen-bond donors (Lipinski definition) is 0. The van der Waals surface area contributed by atoms with Gasteiger partial charge in [0, 0.05) is 17.2 Å². The van der Waals surface area contributed by atoms with Crippen LogP contribution in [-0.2, 0) is 0 Å². The molecule has 1 aliphatic carbocycles. The molecule has 0 spiro atoms. The number of allylic oxidation sites excluding steroid dienone is 2. The van der Waals surface area contributed by atoms with Crippen LogP contribution in [0.25, 0.3) is 37.9 Å². The highest BCUT2D eigenvalue weighted by Gasteiger charge is 2.39. The summed E-state index contributed by atoms with van der Waals surface area (Å²) in [6.45, 7) is 0. The standard InChI is InChI=1S/C37H25NO/c39-37-33-17-9-8-16-31(33)35-22-25(24-10-2-1-3-11-24)18-21-36(35)38(37)26-19-20-32-29-14-5-4-12-27(29)28-13-6-7-15-30(28)34(32)23-26/h1-23,35-36H. The predicted octanol–water partition coefficient (Wildman–Crippen LogP) is 8.91. The first-order chi connectivity index (χ1) is 19.3. The van der Waals surface area contributed by atoms with E-state index in [9.17, 15) is 4.79 Å². The van der Waals surface area contributed by atoms with Crippen molar-refractivity contribution < 1.29 is 4.79 Å². The van der Waals surface area contributed by atoms with Gasteiger partial charge in [0.1, 0.15) is 0 Å². The highest BCUT2D eigenvalue weighted by atomic mass is 16.2. The van der Waals surface area contributed by atoms with Crippen LogP contribution < -0.4 is 4.90 Å². The normalized spacial score (nSPS) is 18.3. The summed E-state index contributed by atoms with van der Waals surface area (Å²) in [4.78, 5) is 16.1. The molecule has 2 heteroatoms. The molecule has 6 aromatic carbocycles. The van der Waals surface area contributed by atoms with Crippen molar-refractivity contribution in [3.05, 3.63) is 156 Å². The van der Waals surface area contributed by atoms with Gasteiger partial charge < -0.3 is 4.90 Å². The van der Waals surface area contributed by atoms with E-state index in [4.69, 9.17) is 0 Å². The van der Waals surface area contributed by atoms with E-state index < -0.39 is 0 Å². The number of rotatable bonds is 2. The molecule has 2 nitrogen and oxygen atoms in total. The quantitative estimate of drug-likeness (QED) is 0.218. The van der Waals surface area contributed by atoms with Crippen LogP contribution in [0.5, 0.6) is 0 Å². The zero-order chi connectivity index (χ0) is 25.9. The van der Waals surface area contributed by atoms with Gasteiger partial charge in [0.25, 0.3) is 5.91 Å². The Morgan fingerprint density at radius 1 is 0.564 bits per heavy atom. The number of fused-ring (bicyclic) bond motifs is 9. The van der Waals surface area contributed by atoms with E-state index in [0.29, 0.717) is 0 Å². The molecule has 1 heterocycles. The molecular weight excluding hydrogens is 474 g/mol. The van der Waals surface area contributed by atoms with E-state index in [2.05, 4.69) is 115 Å². The minimum Gasteiger partial charge on any atom is -0.301 e. The van der Waals surface area contributed by atoms with Crippen molar-refractivity contribution in [2.75, 3.05) is 4.90 Å². The van der Waals surface area contributed by atoms with Gasteiger partial charge in [-0.25, -0.2) is 0 Å². The van der Waals surface area contributed by atoms with Crippen molar-refractivity contribution in [3.63, 3.8) is 0 Å². The Morgan fingerprint density at radius 3 is 1.87 bits per heavy atom. The molecule has 0 radical (unpaired) electrons. The summed E-state index contributed by atoms with van der Waals surface area (Å²) in [6.07, 6.45) is 6.72. The van der Waals surface area contributed by atoms with Crippen molar-refractivity contribution in [1.29, 1.82) is 0 Å². The summed E-state index contributed by atoms with van der Waals surface area (Å²) in [5, 5.41) is 7.31. The highest BCUT2D eigenvalue weighted by molar-refractivity contribution is 6.26. The molecule has 184 valence electrons. The fourth-order valence-corrected chi connectivity index (χ4v) is 6.60. The number of hydrogen-bond acceptors (Lipinski definition) is 1. The second kappa shape index (κ2) is 8.54. The van der Waals surface area contributed by atoms with Crippen LogP contribution in [0.4, 0.5) is 5.69 Å². The number of carbonyl (C=O) groups excluding carboxylic acids is 1. The van der Waals surface area contributed by atoms with Crippen LogP contribution in [0, 0.1) is 0 Å². The van der Waals surface area contributed by atoms with E-state index in [1.54, 1.807) is 0 Å². The fraction of sp³-hybridized carbons (Fsp3) is 0.0541. The minimum absolute atomic E-state index is 0.0532. The number of amides is 1. The van der Waals surface area contributed by atoms with Crippen molar-refractivity contribution in [1.82, 2.24) is 0 Å². The molecule has 0 saturated heterocycles. The van der Waals surface area contributed by atoms with Crippen LogP contribution in [0.15, 0.2) is 140 Å². The first-order valence-corrected chi connectivity index (χ1v) is 13.5. The SMILES string of the molecule is O=C1c2ccccc2C2C=C(c3ccccc3)C=CC2N1c1ccc2c3ccccc3c3ccccc3c2c1. The van der Waals surface area contributed by atoms with Gasteiger partial charge in [0.2, 0.25) is 0 Å². The molecule has 2 aliphatic rings. The molecule has 6 aromatic rings. The fourth-order valence-electron chi connectivity index (χ4n) is 6.60. The Balaban J connectivity index is 1.34. The Morgan fingerprint density at radius 2 is 1.15 bits per heavy atom. The monoisotopic (exact) mass is 499 g/mol. The summed E-state index contributed by atoms with van der Waals surface area (Å²) in [6, 6.07) is 42.2. The number of nitrogens with zero attached hydrogens (tertiary/aromatic N) is 1. The first kappa shape index (κ1) is 22.1. The topological polar surface area (TPSA) is 20.3 Å². The summed E-state index contributed by atoms with van der Waals surface area (Å²) in [7, 11) is 0. The Hall–Kier alpha value is -4.95. The Bertz CT molecular complexity index is 1960. The van der Waals surface area contributed by atoms with Crippen molar-refractivity contribution in [2.24, 2.45) is 0 Å². The molecule has 0 saturated carbocycles. The first-order valence-electron chi connectivity index (χ1n) is 13.5. The maximum absolute atomic E-state index is 14.1. The Kier molecular flexibility index (Phi) is 4.83. The summed E-state index contributed by atoms with van der Waals surface area (Å²) < 4.78 is 0. The predicted molar refractivity (Wildman–Crippen MR) is 162 cm³/mol. The molecule has 2 atom stereocenters. The van der Waals surface area contributed by atoms with Gasteiger partial charge in [-0.2, -0.15) is 0 Å². The largest absolute Gasteiger partial charge is 0.301 e. The zero-order valence-electron chi connectivity index (χ0n) is 21.3. The highest BCUT2D eigenvalue weighted by Crippen LogP contribution is 2.43. The van der Waals surface area contributed by atoms with Crippen LogP contribution >= 0.6 is 0 Å². The van der Waals surface area contributed by atoms with E-state index in [-0.39, 0.29) is 17.9 Å². The second-order valence-corrected chi connectivity index (χ2v) is 10.4. The maximum atomic E-state index is 14.1. The third-order valence-electron chi connectivity index (χ3n) is 8.38. The number of carbonyl (C=O) groups is 1. The third kappa shape index (κ3) is 3.31. The van der Waals surface area contributed by atoms with Crippen LogP contribution in [-0.4, -0.2) is 11.9 Å². The van der Waals surface area contributed by atoms with Crippen LogP contribution in [0.3, 0.4) is 0 Å². The smallest absolute Gasteiger partial charge is 0.259 e. The van der Waals surface area contributed by atoms with E-state index in [0.717, 1.165) is 16.8 Å². The van der Waals surface area contributed by atoms with Gasteiger partial charge in [-0.1, -0.05) is 121 Å². The molecule has 2 unspecified atom stereocenters. The molecular formula is C37H25NO. The van der Waals surface area contributed by atoms with Gasteiger partial charge in [-0.05, 0) is 67.2 Å². The maximum Gasteiger partial charge on any atom is 0.259 e. The van der Waals surface area contributed by atoms with Crippen molar-refractivity contribution in [3.8, 4) is 0 Å². The van der Waals surface area contributed by atoms with Gasteiger partial charge in [0.05, 0.1) is 6.04 Å². The molecule has 0 bridgehead atoms. The van der Waals surface area contributed by atoms with Crippen molar-refractivity contribution in [2.45, 2.75) is 12.0 Å². The van der Waals surface area contributed by atoms with Crippen molar-refractivity contribution >= 4 is 49.5 Å². The molecule has 39 heavy (non-hydrogen) atoms. The van der Waals surface area contributed by atoms with Crippen LogP contribution in [0.1, 0.15) is 27.4 Å². The lowest BCUT2D eigenvalue weighted by Gasteiger charge is -2.41. The molecule has 0 aromatic heterocycles. The van der Waals surface area contributed by atoms with Crippen LogP contribution in [0.2, 0.25) is 0 Å². The van der Waals surface area contributed by atoms with Gasteiger partial charge in [-0.3, -0.25) is 4.79 Å². The summed E-state index contributed by atoms with van der Waals surface area (Å²) in [5.74, 6) is 0.126. The van der Waals surface area contributed by atoms with Gasteiger partial charge in [0.15, 0.2) is 0 Å². The third-order valence-corrected chi connectivity index (χ3v) is 8.38. The van der Waals surface area contributed by atoms with Gasteiger partial charge >= 0.3 is 0 Å². The zero-order valence-corrected chi connectivity index (χ0v) is 21.3. The average Bonchev–Trinajstić information content (AvgIpc) is 3.01. The lowest BCUT2D eigenvalue weighted by molar-refractivity contribution is 0.0970. The lowest BCUT2D eigenvalue weighted by atomic mass is 9.78. The van der Waals surface area contributed by atoms with E-state index >= 15 is 0 Å².